The maximum absolute atomic E-state index is 4.76. The first-order valence-corrected chi connectivity index (χ1v) is 7.74. The van der Waals surface area contributed by atoms with Crippen molar-refractivity contribution < 1.29 is 0 Å². The van der Waals surface area contributed by atoms with Crippen LogP contribution in [0.3, 0.4) is 0 Å². The molecule has 1 spiro atoms. The molecule has 108 valence electrons. The van der Waals surface area contributed by atoms with Crippen LogP contribution in [0.4, 0.5) is 0 Å². The first kappa shape index (κ1) is 13.4. The third-order valence-electron chi connectivity index (χ3n) is 4.60. The molecular formula is C16H24N4. The van der Waals surface area contributed by atoms with Crippen molar-refractivity contribution in [2.24, 2.45) is 10.4 Å². The van der Waals surface area contributed by atoms with Gasteiger partial charge in [-0.25, -0.2) is 4.99 Å². The second-order valence-electron chi connectivity index (χ2n) is 6.02. The Balaban J connectivity index is 1.66. The van der Waals surface area contributed by atoms with Gasteiger partial charge in [-0.1, -0.05) is 12.5 Å². The number of pyridine rings is 1. The first-order chi connectivity index (χ1) is 9.81. The van der Waals surface area contributed by atoms with Crippen molar-refractivity contribution in [2.75, 3.05) is 19.6 Å². The molecule has 2 fully saturated rings. The van der Waals surface area contributed by atoms with Crippen LogP contribution in [0.2, 0.25) is 0 Å². The number of guanidine groups is 1. The van der Waals surface area contributed by atoms with E-state index >= 15 is 0 Å². The van der Waals surface area contributed by atoms with Crippen LogP contribution in [-0.4, -0.2) is 35.5 Å². The molecule has 1 aromatic rings. The monoisotopic (exact) mass is 272 g/mol. The largest absolute Gasteiger partial charge is 0.357 e. The van der Waals surface area contributed by atoms with Gasteiger partial charge < -0.3 is 10.2 Å². The predicted molar refractivity (Wildman–Crippen MR) is 81.5 cm³/mol. The highest BCUT2D eigenvalue weighted by Gasteiger charge is 2.43. The van der Waals surface area contributed by atoms with Gasteiger partial charge in [0.1, 0.15) is 0 Å². The maximum atomic E-state index is 4.76. The Morgan fingerprint density at radius 2 is 2.30 bits per heavy atom. The third-order valence-corrected chi connectivity index (χ3v) is 4.60. The molecule has 1 aromatic heterocycles. The van der Waals surface area contributed by atoms with Crippen LogP contribution in [0.15, 0.2) is 29.4 Å². The third kappa shape index (κ3) is 2.79. The van der Waals surface area contributed by atoms with E-state index in [1.807, 2.05) is 24.4 Å². The van der Waals surface area contributed by atoms with Gasteiger partial charge in [-0.2, -0.15) is 0 Å². The molecule has 2 heterocycles. The summed E-state index contributed by atoms with van der Waals surface area (Å²) in [5.74, 6) is 1.06. The van der Waals surface area contributed by atoms with E-state index in [2.05, 4.69) is 22.1 Å². The summed E-state index contributed by atoms with van der Waals surface area (Å²) < 4.78 is 0. The summed E-state index contributed by atoms with van der Waals surface area (Å²) >= 11 is 0. The normalized spacial score (nSPS) is 21.1. The van der Waals surface area contributed by atoms with Crippen LogP contribution < -0.4 is 5.32 Å². The highest BCUT2D eigenvalue weighted by Crippen LogP contribution is 2.47. The van der Waals surface area contributed by atoms with Gasteiger partial charge in [0.15, 0.2) is 5.96 Å². The lowest BCUT2D eigenvalue weighted by Crippen LogP contribution is -2.42. The van der Waals surface area contributed by atoms with Crippen molar-refractivity contribution in [1.29, 1.82) is 0 Å². The average Bonchev–Trinajstić information content (AvgIpc) is 2.90. The number of likely N-dealkylation sites (tertiary alicyclic amines) is 1. The first-order valence-electron chi connectivity index (χ1n) is 7.74. The number of aliphatic imine (C=N–C) groups is 1. The van der Waals surface area contributed by atoms with Gasteiger partial charge in [0.05, 0.1) is 12.2 Å². The highest BCUT2D eigenvalue weighted by molar-refractivity contribution is 5.80. The number of aromatic nitrogens is 1. The fourth-order valence-electron chi connectivity index (χ4n) is 3.27. The minimum atomic E-state index is 0.612. The Morgan fingerprint density at radius 1 is 1.40 bits per heavy atom. The van der Waals surface area contributed by atoms with Crippen molar-refractivity contribution >= 4 is 5.96 Å². The van der Waals surface area contributed by atoms with E-state index in [1.54, 1.807) is 0 Å². The number of nitrogens with zero attached hydrogens (tertiary/aromatic N) is 3. The molecule has 2 aliphatic rings. The summed E-state index contributed by atoms with van der Waals surface area (Å²) in [5.41, 5.74) is 1.64. The molecule has 0 aromatic carbocycles. The lowest BCUT2D eigenvalue weighted by molar-refractivity contribution is 0.151. The SMILES string of the molecule is CCNC(=NCc1ccccn1)N1CCC2(CCC2)C1. The van der Waals surface area contributed by atoms with Crippen LogP contribution in [-0.2, 0) is 6.54 Å². The second kappa shape index (κ2) is 5.81. The highest BCUT2D eigenvalue weighted by atomic mass is 15.3. The van der Waals surface area contributed by atoms with E-state index in [9.17, 15) is 0 Å². The van der Waals surface area contributed by atoms with Crippen LogP contribution in [0.1, 0.15) is 38.3 Å². The average molecular weight is 272 g/mol. The summed E-state index contributed by atoms with van der Waals surface area (Å²) in [7, 11) is 0. The van der Waals surface area contributed by atoms with Crippen molar-refractivity contribution in [3.63, 3.8) is 0 Å². The maximum Gasteiger partial charge on any atom is 0.194 e. The van der Waals surface area contributed by atoms with Crippen LogP contribution in [0.25, 0.3) is 0 Å². The Kier molecular flexibility index (Phi) is 3.90. The van der Waals surface area contributed by atoms with E-state index in [4.69, 9.17) is 4.99 Å². The topological polar surface area (TPSA) is 40.5 Å². The van der Waals surface area contributed by atoms with Crippen molar-refractivity contribution in [2.45, 2.75) is 39.2 Å². The molecule has 1 N–H and O–H groups in total. The molecular weight excluding hydrogens is 248 g/mol. The van der Waals surface area contributed by atoms with Crippen LogP contribution in [0, 0.1) is 5.41 Å². The van der Waals surface area contributed by atoms with E-state index < -0.39 is 0 Å². The van der Waals surface area contributed by atoms with E-state index in [1.165, 1.54) is 32.2 Å². The molecule has 1 saturated heterocycles. The van der Waals surface area contributed by atoms with Crippen LogP contribution >= 0.6 is 0 Å². The van der Waals surface area contributed by atoms with Crippen molar-refractivity contribution in [1.82, 2.24) is 15.2 Å². The number of rotatable bonds is 3. The van der Waals surface area contributed by atoms with Crippen molar-refractivity contribution in [3.8, 4) is 0 Å². The summed E-state index contributed by atoms with van der Waals surface area (Å²) in [5, 5.41) is 3.43. The molecule has 0 unspecified atom stereocenters. The van der Waals surface area contributed by atoms with E-state index in [0.717, 1.165) is 24.7 Å². The number of hydrogen-bond donors (Lipinski definition) is 1. The van der Waals surface area contributed by atoms with Gasteiger partial charge in [0, 0.05) is 25.8 Å². The zero-order valence-corrected chi connectivity index (χ0v) is 12.3. The molecule has 0 bridgehead atoms. The molecule has 3 rings (SSSR count). The molecule has 4 nitrogen and oxygen atoms in total. The smallest absolute Gasteiger partial charge is 0.194 e. The van der Waals surface area contributed by atoms with Gasteiger partial charge >= 0.3 is 0 Å². The molecule has 20 heavy (non-hydrogen) atoms. The Morgan fingerprint density at radius 3 is 2.90 bits per heavy atom. The lowest BCUT2D eigenvalue weighted by Gasteiger charge is -2.38. The van der Waals surface area contributed by atoms with Gasteiger partial charge in [-0.3, -0.25) is 4.98 Å². The van der Waals surface area contributed by atoms with Crippen LogP contribution in [0.5, 0.6) is 0 Å². The summed E-state index contributed by atoms with van der Waals surface area (Å²) in [6, 6.07) is 5.99. The Bertz CT molecular complexity index is 465. The second-order valence-corrected chi connectivity index (χ2v) is 6.02. The summed E-state index contributed by atoms with van der Waals surface area (Å²) in [6.45, 7) is 6.04. The lowest BCUT2D eigenvalue weighted by atomic mass is 9.68. The van der Waals surface area contributed by atoms with Gasteiger partial charge in [-0.05, 0) is 43.7 Å². The summed E-state index contributed by atoms with van der Waals surface area (Å²) in [4.78, 5) is 11.5. The summed E-state index contributed by atoms with van der Waals surface area (Å²) in [6.07, 6.45) is 7.39. The number of hydrogen-bond acceptors (Lipinski definition) is 2. The van der Waals surface area contributed by atoms with Gasteiger partial charge in [0.25, 0.3) is 0 Å². The zero-order chi connectivity index (χ0) is 13.8. The Labute approximate surface area is 121 Å². The fourth-order valence-corrected chi connectivity index (χ4v) is 3.27. The standard InChI is InChI=1S/C16H24N4/c1-2-17-15(19-12-14-6-3-4-10-18-14)20-11-9-16(13-20)7-5-8-16/h3-4,6,10H,2,5,7-9,11-13H2,1H3,(H,17,19). The molecule has 0 atom stereocenters. The van der Waals surface area contributed by atoms with E-state index in [0.29, 0.717) is 12.0 Å². The molecule has 4 heteroatoms. The van der Waals surface area contributed by atoms with Gasteiger partial charge in [-0.15, -0.1) is 0 Å². The molecule has 1 aliphatic carbocycles. The number of nitrogens with one attached hydrogen (secondary N) is 1. The minimum absolute atomic E-state index is 0.612. The van der Waals surface area contributed by atoms with Crippen molar-refractivity contribution in [3.05, 3.63) is 30.1 Å². The zero-order valence-electron chi connectivity index (χ0n) is 12.3. The quantitative estimate of drug-likeness (QED) is 0.678. The molecule has 0 radical (unpaired) electrons. The minimum Gasteiger partial charge on any atom is -0.357 e. The molecule has 0 amide bonds. The van der Waals surface area contributed by atoms with Gasteiger partial charge in [0.2, 0.25) is 0 Å². The molecule has 1 aliphatic heterocycles. The Hall–Kier alpha value is -1.58. The molecule has 1 saturated carbocycles. The fraction of sp³-hybridized carbons (Fsp3) is 0.625. The van der Waals surface area contributed by atoms with E-state index in [-0.39, 0.29) is 0 Å². The predicted octanol–water partition coefficient (Wildman–Crippen LogP) is 2.42.